The summed E-state index contributed by atoms with van der Waals surface area (Å²) in [5.41, 5.74) is 1.20. The molecule has 4 nitrogen and oxygen atoms in total. The second-order valence-electron chi connectivity index (χ2n) is 7.36. The summed E-state index contributed by atoms with van der Waals surface area (Å²) in [6, 6.07) is 22.7. The van der Waals surface area contributed by atoms with Crippen molar-refractivity contribution in [3.63, 3.8) is 0 Å². The monoisotopic (exact) mass is 504 g/mol. The van der Waals surface area contributed by atoms with E-state index >= 15 is 0 Å². The summed E-state index contributed by atoms with van der Waals surface area (Å²) in [6.07, 6.45) is 0. The SMILES string of the molecule is O=S(=O)(Cc1cccc2c(CS(=O)(=O)c3ccc(Cl)cc3)cccc12)c1ccc(Cl)cc1. The van der Waals surface area contributed by atoms with Gasteiger partial charge in [-0.1, -0.05) is 59.6 Å². The summed E-state index contributed by atoms with van der Waals surface area (Å²) in [6.45, 7) is 0. The Labute approximate surface area is 197 Å². The van der Waals surface area contributed by atoms with Crippen molar-refractivity contribution in [1.82, 2.24) is 0 Å². The van der Waals surface area contributed by atoms with E-state index in [2.05, 4.69) is 0 Å². The van der Waals surface area contributed by atoms with Crippen LogP contribution in [0.1, 0.15) is 11.1 Å². The van der Waals surface area contributed by atoms with Gasteiger partial charge in [0.05, 0.1) is 21.3 Å². The van der Waals surface area contributed by atoms with Crippen molar-refractivity contribution in [2.24, 2.45) is 0 Å². The Kier molecular flexibility index (Phi) is 6.32. The standard InChI is InChI=1S/C24H18Cl2O4S2/c25-19-7-11-21(12-8-19)31(27,28)15-17-3-1-5-23-18(4-2-6-24(17)23)16-32(29,30)22-13-9-20(26)10-14-22/h1-14H,15-16H2. The molecule has 0 atom stereocenters. The highest BCUT2D eigenvalue weighted by molar-refractivity contribution is 7.91. The van der Waals surface area contributed by atoms with Gasteiger partial charge in [-0.25, -0.2) is 16.8 Å². The maximum Gasteiger partial charge on any atom is 0.182 e. The molecule has 0 amide bonds. The predicted octanol–water partition coefficient (Wildman–Crippen LogP) is 6.09. The van der Waals surface area contributed by atoms with Crippen LogP contribution in [0.4, 0.5) is 0 Å². The van der Waals surface area contributed by atoms with Gasteiger partial charge in [-0.05, 0) is 70.4 Å². The molecule has 164 valence electrons. The van der Waals surface area contributed by atoms with E-state index in [-0.39, 0.29) is 21.3 Å². The van der Waals surface area contributed by atoms with E-state index in [1.807, 2.05) is 0 Å². The quantitative estimate of drug-likeness (QED) is 0.318. The number of fused-ring (bicyclic) bond motifs is 1. The van der Waals surface area contributed by atoms with Crippen molar-refractivity contribution in [1.29, 1.82) is 0 Å². The molecule has 0 fully saturated rings. The Morgan fingerprint density at radius 1 is 0.500 bits per heavy atom. The molecule has 32 heavy (non-hydrogen) atoms. The lowest BCUT2D eigenvalue weighted by molar-refractivity contribution is 0.593. The zero-order valence-electron chi connectivity index (χ0n) is 16.7. The molecule has 0 heterocycles. The van der Waals surface area contributed by atoms with Gasteiger partial charge in [0.1, 0.15) is 0 Å². The maximum atomic E-state index is 12.9. The van der Waals surface area contributed by atoms with E-state index in [1.165, 1.54) is 48.5 Å². The smallest absolute Gasteiger partial charge is 0.182 e. The summed E-state index contributed by atoms with van der Waals surface area (Å²) in [7, 11) is -7.21. The van der Waals surface area contributed by atoms with Crippen molar-refractivity contribution < 1.29 is 16.8 Å². The van der Waals surface area contributed by atoms with Crippen LogP contribution in [0.3, 0.4) is 0 Å². The summed E-state index contributed by atoms with van der Waals surface area (Å²) in [5.74, 6) is -0.418. The first kappa shape index (κ1) is 22.8. The van der Waals surface area contributed by atoms with Crippen molar-refractivity contribution in [2.45, 2.75) is 21.3 Å². The molecule has 4 aromatic carbocycles. The van der Waals surface area contributed by atoms with Crippen molar-refractivity contribution in [3.05, 3.63) is 106 Å². The van der Waals surface area contributed by atoms with Crippen LogP contribution < -0.4 is 0 Å². The first-order valence-corrected chi connectivity index (χ1v) is 13.7. The lowest BCUT2D eigenvalue weighted by atomic mass is 10.0. The molecule has 8 heteroatoms. The Hall–Kier alpha value is -2.38. The lowest BCUT2D eigenvalue weighted by Gasteiger charge is -2.12. The third kappa shape index (κ3) is 4.84. The number of hydrogen-bond donors (Lipinski definition) is 0. The lowest BCUT2D eigenvalue weighted by Crippen LogP contribution is -2.07. The van der Waals surface area contributed by atoms with E-state index in [0.29, 0.717) is 31.9 Å². The van der Waals surface area contributed by atoms with Crippen LogP contribution >= 0.6 is 23.2 Å². The minimum atomic E-state index is -3.61. The summed E-state index contributed by atoms with van der Waals surface area (Å²) in [4.78, 5) is 0.362. The molecule has 0 radical (unpaired) electrons. The van der Waals surface area contributed by atoms with Crippen LogP contribution in [0.25, 0.3) is 10.8 Å². The highest BCUT2D eigenvalue weighted by Crippen LogP contribution is 2.29. The fraction of sp³-hybridized carbons (Fsp3) is 0.0833. The van der Waals surface area contributed by atoms with Crippen molar-refractivity contribution in [3.8, 4) is 0 Å². The number of rotatable bonds is 6. The molecule has 0 bridgehead atoms. The molecule has 0 aliphatic heterocycles. The highest BCUT2D eigenvalue weighted by atomic mass is 35.5. The van der Waals surface area contributed by atoms with E-state index in [4.69, 9.17) is 23.2 Å². The van der Waals surface area contributed by atoms with E-state index < -0.39 is 19.7 Å². The second kappa shape index (κ2) is 8.87. The van der Waals surface area contributed by atoms with Gasteiger partial charge in [-0.15, -0.1) is 0 Å². The second-order valence-corrected chi connectivity index (χ2v) is 12.2. The minimum Gasteiger partial charge on any atom is -0.223 e. The average molecular weight is 505 g/mol. The summed E-state index contributed by atoms with van der Waals surface area (Å²) < 4.78 is 51.7. The Morgan fingerprint density at radius 2 is 0.844 bits per heavy atom. The van der Waals surface area contributed by atoms with Crippen LogP contribution in [-0.2, 0) is 31.2 Å². The van der Waals surface area contributed by atoms with E-state index in [9.17, 15) is 16.8 Å². The number of sulfone groups is 2. The van der Waals surface area contributed by atoms with Gasteiger partial charge in [-0.2, -0.15) is 0 Å². The van der Waals surface area contributed by atoms with Gasteiger partial charge >= 0.3 is 0 Å². The first-order chi connectivity index (χ1) is 15.2. The van der Waals surface area contributed by atoms with Gasteiger partial charge in [0.15, 0.2) is 19.7 Å². The average Bonchev–Trinajstić information content (AvgIpc) is 2.74. The zero-order chi connectivity index (χ0) is 22.9. The molecule has 0 saturated heterocycles. The molecule has 0 N–H and O–H groups in total. The van der Waals surface area contributed by atoms with Gasteiger partial charge in [0.2, 0.25) is 0 Å². The van der Waals surface area contributed by atoms with Crippen LogP contribution in [-0.4, -0.2) is 16.8 Å². The van der Waals surface area contributed by atoms with Crippen molar-refractivity contribution >= 4 is 53.6 Å². The fourth-order valence-electron chi connectivity index (χ4n) is 3.55. The van der Waals surface area contributed by atoms with Crippen LogP contribution in [0.15, 0.2) is 94.7 Å². The molecule has 4 rings (SSSR count). The number of halogens is 2. The molecule has 0 aliphatic carbocycles. The predicted molar refractivity (Wildman–Crippen MR) is 129 cm³/mol. The van der Waals surface area contributed by atoms with Crippen molar-refractivity contribution in [2.75, 3.05) is 0 Å². The van der Waals surface area contributed by atoms with Crippen LogP contribution in [0.5, 0.6) is 0 Å². The van der Waals surface area contributed by atoms with Gasteiger partial charge in [-0.3, -0.25) is 0 Å². The molecule has 0 aromatic heterocycles. The van der Waals surface area contributed by atoms with Gasteiger partial charge < -0.3 is 0 Å². The molecular weight excluding hydrogens is 487 g/mol. The molecule has 4 aromatic rings. The molecule has 0 unspecified atom stereocenters. The largest absolute Gasteiger partial charge is 0.223 e. The summed E-state index contributed by atoms with van der Waals surface area (Å²) >= 11 is 11.7. The number of benzene rings is 4. The molecule has 0 spiro atoms. The van der Waals surface area contributed by atoms with E-state index in [0.717, 1.165) is 0 Å². The molecular formula is C24H18Cl2O4S2. The summed E-state index contributed by atoms with van der Waals surface area (Å²) in [5, 5.41) is 2.32. The Bertz CT molecular complexity index is 1380. The molecule has 0 aliphatic rings. The third-order valence-corrected chi connectivity index (χ3v) is 9.01. The Morgan fingerprint density at radius 3 is 1.19 bits per heavy atom. The highest BCUT2D eigenvalue weighted by Gasteiger charge is 2.20. The third-order valence-electron chi connectivity index (χ3n) is 5.14. The molecule has 0 saturated carbocycles. The maximum absolute atomic E-state index is 12.9. The van der Waals surface area contributed by atoms with Crippen LogP contribution in [0, 0.1) is 0 Å². The fourth-order valence-corrected chi connectivity index (χ4v) is 6.56. The normalized spacial score (nSPS) is 12.2. The Balaban J connectivity index is 1.71. The number of hydrogen-bond acceptors (Lipinski definition) is 4. The van der Waals surface area contributed by atoms with Gasteiger partial charge in [0, 0.05) is 10.0 Å². The zero-order valence-corrected chi connectivity index (χ0v) is 19.8. The van der Waals surface area contributed by atoms with Crippen LogP contribution in [0.2, 0.25) is 10.0 Å². The van der Waals surface area contributed by atoms with Gasteiger partial charge in [0.25, 0.3) is 0 Å². The topological polar surface area (TPSA) is 68.3 Å². The minimum absolute atomic E-state index is 0.181. The first-order valence-electron chi connectivity index (χ1n) is 9.62. The van der Waals surface area contributed by atoms with E-state index in [1.54, 1.807) is 36.4 Å².